The standard InChI is InChI=1S/C58H73N3O12/c1-34(45-24-25-46-44-23-18-40-29-43(71-35(2)62)27-28-56(40,4)47(44)30-51(57(45,46)5)72-36(3)63)13-26-52(65)59-48-32-61(55(67)60-54(48)66)53-31-49(64)50(73-53)33-70-58(37-11-9-8-10-12-37,38-14-19-41(68-6)20-15-38)39-16-21-42(69-7)22-17-39/h8-12,14-17,19-22,32,34,40,43-47,49-51,53,64H,13,18,23-31,33H2,1-7H3,(H,59,65)(H,60,66,67)/t34-,40-,43-,44+,45-,46+,47+,49+,50-,51+,53-,56+,57-/m1/s1. The van der Waals surface area contributed by atoms with E-state index in [1.807, 2.05) is 78.9 Å². The van der Waals surface area contributed by atoms with E-state index in [-0.39, 0.29) is 77.9 Å². The molecule has 0 bridgehead atoms. The van der Waals surface area contributed by atoms with E-state index in [0.717, 1.165) is 68.1 Å². The minimum absolute atomic E-state index is 0.0156. The van der Waals surface area contributed by atoms with Gasteiger partial charge >= 0.3 is 17.6 Å². The summed E-state index contributed by atoms with van der Waals surface area (Å²) in [5, 5.41) is 14.3. The smallest absolute Gasteiger partial charge is 0.330 e. The topological polar surface area (TPSA) is 194 Å². The van der Waals surface area contributed by atoms with Gasteiger partial charge in [0.15, 0.2) is 0 Å². The molecule has 3 N–H and O–H groups in total. The first-order valence-electron chi connectivity index (χ1n) is 26.3. The maximum absolute atomic E-state index is 13.8. The molecule has 0 unspecified atom stereocenters. The zero-order valence-electron chi connectivity index (χ0n) is 43.3. The molecule has 1 aliphatic heterocycles. The zero-order valence-corrected chi connectivity index (χ0v) is 43.3. The molecule has 15 nitrogen and oxygen atoms in total. The number of carbonyl (C=O) groups is 3. The maximum atomic E-state index is 13.8. The van der Waals surface area contributed by atoms with Crippen molar-refractivity contribution in [1.82, 2.24) is 9.55 Å². The number of nitrogens with zero attached hydrogens (tertiary/aromatic N) is 1. The fourth-order valence-corrected chi connectivity index (χ4v) is 14.7. The van der Waals surface area contributed by atoms with Gasteiger partial charge in [0.2, 0.25) is 5.91 Å². The van der Waals surface area contributed by atoms with E-state index < -0.39 is 35.3 Å². The molecule has 4 aromatic rings. The summed E-state index contributed by atoms with van der Waals surface area (Å²) >= 11 is 0. The van der Waals surface area contributed by atoms with Crippen LogP contribution in [-0.2, 0) is 38.9 Å². The van der Waals surface area contributed by atoms with Crippen molar-refractivity contribution >= 4 is 23.5 Å². The number of rotatable bonds is 16. The largest absolute Gasteiger partial charge is 0.497 e. The normalized spacial score (nSPS) is 31.0. The SMILES string of the molecule is COc1ccc(C(OC[C@H]2O[C@@H](n3cc(NC(=O)CC[C@@H](C)[C@H]4CC[C@H]5[C@@H]6CC[C@@H]7C[C@H](OC(C)=O)CC[C@]7(C)[C@H]6C[C@H](OC(C)=O)[C@]45C)c(=O)[nH]c3=O)C[C@@H]2O)(c2ccccc2)c2ccc(OC)cc2)cc1. The Kier molecular flexibility index (Phi) is 15.1. The third kappa shape index (κ3) is 10.0. The van der Waals surface area contributed by atoms with E-state index >= 15 is 0 Å². The quantitative estimate of drug-likeness (QED) is 0.0715. The third-order valence-corrected chi connectivity index (χ3v) is 18.3. The van der Waals surface area contributed by atoms with Crippen LogP contribution in [0.2, 0.25) is 0 Å². The average Bonchev–Trinajstić information content (AvgIpc) is 3.94. The number of nitrogens with one attached hydrogen (secondary N) is 2. The molecule has 3 aromatic carbocycles. The van der Waals surface area contributed by atoms with Crippen molar-refractivity contribution in [1.29, 1.82) is 0 Å². The number of aliphatic hydroxyl groups is 1. The van der Waals surface area contributed by atoms with Crippen LogP contribution in [0.5, 0.6) is 11.5 Å². The summed E-state index contributed by atoms with van der Waals surface area (Å²) in [6.45, 7) is 9.84. The number of carbonyl (C=O) groups excluding carboxylic acids is 3. The molecule has 0 radical (unpaired) electrons. The first kappa shape index (κ1) is 52.1. The minimum Gasteiger partial charge on any atom is -0.497 e. The molecule has 73 heavy (non-hydrogen) atoms. The summed E-state index contributed by atoms with van der Waals surface area (Å²) in [4.78, 5) is 67.4. The van der Waals surface area contributed by atoms with Crippen LogP contribution in [0.4, 0.5) is 5.69 Å². The Balaban J connectivity index is 0.873. The molecular weight excluding hydrogens is 931 g/mol. The highest BCUT2D eigenvalue weighted by Crippen LogP contribution is 2.69. The van der Waals surface area contributed by atoms with E-state index in [0.29, 0.717) is 41.6 Å². The van der Waals surface area contributed by atoms with Gasteiger partial charge in [-0.15, -0.1) is 0 Å². The number of hydrogen-bond donors (Lipinski definition) is 3. The molecule has 5 aliphatic rings. The van der Waals surface area contributed by atoms with Gasteiger partial charge in [-0.3, -0.25) is 28.7 Å². The number of hydrogen-bond acceptors (Lipinski definition) is 12. The molecule has 15 heteroatoms. The number of amides is 1. The van der Waals surface area contributed by atoms with Gasteiger partial charge in [-0.1, -0.05) is 75.4 Å². The second kappa shape index (κ2) is 21.2. The van der Waals surface area contributed by atoms with Crippen LogP contribution in [0, 0.1) is 46.3 Å². The number of benzene rings is 3. The average molecular weight is 1000 g/mol. The Morgan fingerprint density at radius 2 is 1.47 bits per heavy atom. The number of aliphatic hydroxyl groups excluding tert-OH is 1. The Labute approximate surface area is 427 Å². The Bertz CT molecular complexity index is 2680. The van der Waals surface area contributed by atoms with Gasteiger partial charge < -0.3 is 38.8 Å². The molecule has 392 valence electrons. The zero-order chi connectivity index (χ0) is 51.8. The fraction of sp³-hybridized carbons (Fsp3) is 0.569. The Hall–Kier alpha value is -5.77. The van der Waals surface area contributed by atoms with Gasteiger partial charge in [0.05, 0.1) is 26.9 Å². The molecule has 13 atom stereocenters. The van der Waals surface area contributed by atoms with Gasteiger partial charge in [0.1, 0.15) is 47.3 Å². The number of H-pyrrole nitrogens is 1. The molecule has 1 amide bonds. The van der Waals surface area contributed by atoms with Crippen LogP contribution < -0.4 is 26.0 Å². The van der Waals surface area contributed by atoms with Gasteiger partial charge in [-0.05, 0) is 140 Å². The van der Waals surface area contributed by atoms with Crippen molar-refractivity contribution in [2.75, 3.05) is 26.1 Å². The molecule has 0 spiro atoms. The highest BCUT2D eigenvalue weighted by Gasteiger charge is 2.65. The van der Waals surface area contributed by atoms with Crippen molar-refractivity contribution in [2.45, 2.75) is 141 Å². The van der Waals surface area contributed by atoms with E-state index in [9.17, 15) is 29.1 Å². The number of methoxy groups -OCH3 is 2. The molecule has 1 saturated heterocycles. The predicted molar refractivity (Wildman–Crippen MR) is 273 cm³/mol. The summed E-state index contributed by atoms with van der Waals surface area (Å²) in [5.74, 6) is 2.52. The summed E-state index contributed by atoms with van der Waals surface area (Å²) in [6.07, 6.45) is 6.52. The Morgan fingerprint density at radius 1 is 0.822 bits per heavy atom. The van der Waals surface area contributed by atoms with Crippen LogP contribution in [0.25, 0.3) is 0 Å². The first-order valence-corrected chi connectivity index (χ1v) is 26.3. The van der Waals surface area contributed by atoms with Gasteiger partial charge in [-0.25, -0.2) is 4.79 Å². The third-order valence-electron chi connectivity index (χ3n) is 18.3. The van der Waals surface area contributed by atoms with E-state index in [2.05, 4.69) is 31.1 Å². The van der Waals surface area contributed by atoms with Gasteiger partial charge in [0, 0.05) is 38.3 Å². The lowest BCUT2D eigenvalue weighted by molar-refractivity contribution is -0.197. The number of ether oxygens (including phenoxy) is 6. The molecule has 4 aliphatic carbocycles. The molecule has 5 fully saturated rings. The molecule has 9 rings (SSSR count). The first-order chi connectivity index (χ1) is 35.0. The van der Waals surface area contributed by atoms with Crippen molar-refractivity contribution in [3.8, 4) is 11.5 Å². The molecule has 4 saturated carbocycles. The summed E-state index contributed by atoms with van der Waals surface area (Å²) in [6, 6.07) is 24.9. The van der Waals surface area contributed by atoms with Crippen LogP contribution >= 0.6 is 0 Å². The molecular formula is C58H73N3O12. The molecule has 1 aromatic heterocycles. The van der Waals surface area contributed by atoms with E-state index in [1.165, 1.54) is 24.6 Å². The van der Waals surface area contributed by atoms with Crippen molar-refractivity contribution in [3.05, 3.63) is 123 Å². The van der Waals surface area contributed by atoms with E-state index in [4.69, 9.17) is 28.4 Å². The van der Waals surface area contributed by atoms with Crippen molar-refractivity contribution < 1.29 is 47.9 Å². The van der Waals surface area contributed by atoms with Gasteiger partial charge in [-0.2, -0.15) is 0 Å². The van der Waals surface area contributed by atoms with Crippen molar-refractivity contribution in [2.24, 2.45) is 46.3 Å². The van der Waals surface area contributed by atoms with Crippen LogP contribution in [0.3, 0.4) is 0 Å². The van der Waals surface area contributed by atoms with Crippen molar-refractivity contribution in [3.63, 3.8) is 0 Å². The monoisotopic (exact) mass is 1000 g/mol. The van der Waals surface area contributed by atoms with Gasteiger partial charge in [0.25, 0.3) is 5.56 Å². The minimum atomic E-state index is -1.18. The summed E-state index contributed by atoms with van der Waals surface area (Å²) in [5.41, 5.74) is -0.556. The second-order valence-corrected chi connectivity index (χ2v) is 22.1. The van der Waals surface area contributed by atoms with Crippen LogP contribution in [0.1, 0.15) is 128 Å². The number of fused-ring (bicyclic) bond motifs is 5. The number of anilines is 1. The number of aromatic nitrogens is 2. The van der Waals surface area contributed by atoms with E-state index in [1.54, 1.807) is 14.2 Å². The highest BCUT2D eigenvalue weighted by molar-refractivity contribution is 5.90. The number of esters is 2. The maximum Gasteiger partial charge on any atom is 0.330 e. The fourth-order valence-electron chi connectivity index (χ4n) is 14.7. The van der Waals surface area contributed by atoms with Crippen LogP contribution in [-0.4, -0.2) is 77.7 Å². The summed E-state index contributed by atoms with van der Waals surface area (Å²) < 4.78 is 37.6. The second-order valence-electron chi connectivity index (χ2n) is 22.1. The lowest BCUT2D eigenvalue weighted by Crippen LogP contribution is -2.59. The Morgan fingerprint density at radius 3 is 2.10 bits per heavy atom. The van der Waals surface area contributed by atoms with Crippen LogP contribution in [0.15, 0.2) is 94.6 Å². The highest BCUT2D eigenvalue weighted by atomic mass is 16.6. The molecule has 2 heterocycles. The lowest BCUT2D eigenvalue weighted by Gasteiger charge is -2.62. The predicted octanol–water partition coefficient (Wildman–Crippen LogP) is 8.70. The summed E-state index contributed by atoms with van der Waals surface area (Å²) in [7, 11) is 3.21. The lowest BCUT2D eigenvalue weighted by atomic mass is 9.43. The number of aromatic amines is 1.